The molecular formula is C56H89N15O13. The van der Waals surface area contributed by atoms with Crippen LogP contribution in [-0.2, 0) is 65.6 Å². The normalized spacial score (nSPS) is 16.0. The number of aromatic nitrogens is 2. The van der Waals surface area contributed by atoms with Crippen LogP contribution in [0.25, 0.3) is 0 Å². The molecule has 3 rings (SSSR count). The van der Waals surface area contributed by atoms with Crippen molar-refractivity contribution in [2.45, 2.75) is 180 Å². The van der Waals surface area contributed by atoms with E-state index < -0.39 is 145 Å². The number of benzene rings is 1. The fourth-order valence-corrected chi connectivity index (χ4v) is 9.38. The monoisotopic (exact) mass is 1180 g/mol. The number of carboxylic acid groups (broad SMARTS) is 2. The van der Waals surface area contributed by atoms with Crippen LogP contribution in [0, 0.1) is 23.7 Å². The van der Waals surface area contributed by atoms with Gasteiger partial charge in [0.25, 0.3) is 0 Å². The number of hydrogen-bond acceptors (Lipinski definition) is 14. The fourth-order valence-electron chi connectivity index (χ4n) is 9.38. The number of guanidine groups is 1. The zero-order valence-electron chi connectivity index (χ0n) is 49.4. The van der Waals surface area contributed by atoms with Crippen LogP contribution < -0.4 is 59.7 Å². The number of aliphatic imine (C=N–C) groups is 1. The second-order valence-corrected chi connectivity index (χ2v) is 22.7. The summed E-state index contributed by atoms with van der Waals surface area (Å²) in [7, 11) is 0. The van der Waals surface area contributed by atoms with E-state index in [4.69, 9.17) is 17.2 Å². The Bertz CT molecular complexity index is 2560. The van der Waals surface area contributed by atoms with Gasteiger partial charge in [-0.25, -0.2) is 9.78 Å². The van der Waals surface area contributed by atoms with Gasteiger partial charge in [-0.3, -0.25) is 52.9 Å². The summed E-state index contributed by atoms with van der Waals surface area (Å²) in [6.45, 7) is 13.7. The SMILES string of the molecule is CC(C)C[C@H](NC(=O)[C@H](CCC(=O)O)NC(=O)[C@H](Cc1ccccc1)NC(=O)[C@@H]1CCCN1C(=O)[C@@H](N)CC(C)C)C(=O)N[C@@H](CCCN=C(N)N)C(=O)NCC(=O)N[C@@H](Cc1cnc[nH]1)C(=O)N[C@@H](CC(C)C)C(=O)N[C@H](C(=O)O)C(C)C. The van der Waals surface area contributed by atoms with Crippen LogP contribution in [0.3, 0.4) is 0 Å². The zero-order valence-corrected chi connectivity index (χ0v) is 49.4. The maximum atomic E-state index is 14.3. The van der Waals surface area contributed by atoms with Gasteiger partial charge in [0.1, 0.15) is 48.3 Å². The number of likely N-dealkylation sites (tertiary alicyclic amines) is 1. The number of carbonyl (C=O) groups excluding carboxylic acids is 9. The van der Waals surface area contributed by atoms with E-state index in [1.54, 1.807) is 71.9 Å². The Hall–Kier alpha value is -8.17. The van der Waals surface area contributed by atoms with Crippen molar-refractivity contribution in [1.29, 1.82) is 0 Å². The Balaban J connectivity index is 1.87. The summed E-state index contributed by atoms with van der Waals surface area (Å²) in [5.74, 6) is -10.6. The molecule has 1 aliphatic rings. The Morgan fingerprint density at radius 3 is 1.73 bits per heavy atom. The van der Waals surface area contributed by atoms with Gasteiger partial charge in [0.05, 0.1) is 18.9 Å². The summed E-state index contributed by atoms with van der Waals surface area (Å²) in [5.41, 5.74) is 18.3. The number of nitrogens with two attached hydrogens (primary N) is 3. The van der Waals surface area contributed by atoms with Crippen molar-refractivity contribution < 1.29 is 63.0 Å². The predicted octanol–water partition coefficient (Wildman–Crippen LogP) is -1.18. The largest absolute Gasteiger partial charge is 0.481 e. The van der Waals surface area contributed by atoms with Crippen molar-refractivity contribution in [3.8, 4) is 0 Å². The second-order valence-electron chi connectivity index (χ2n) is 22.7. The quantitative estimate of drug-likeness (QED) is 0.0217. The Morgan fingerprint density at radius 1 is 0.667 bits per heavy atom. The third kappa shape index (κ3) is 24.7. The van der Waals surface area contributed by atoms with Gasteiger partial charge in [-0.05, 0) is 80.6 Å². The first-order valence-corrected chi connectivity index (χ1v) is 28.5. The highest BCUT2D eigenvalue weighted by molar-refractivity contribution is 5.98. The number of H-pyrrole nitrogens is 1. The first kappa shape index (κ1) is 70.1. The van der Waals surface area contributed by atoms with Gasteiger partial charge in [-0.15, -0.1) is 0 Å². The maximum absolute atomic E-state index is 14.3. The minimum absolute atomic E-state index is 0.0173. The van der Waals surface area contributed by atoms with Crippen LogP contribution in [0.1, 0.15) is 124 Å². The molecule has 1 aliphatic heterocycles. The Morgan fingerprint density at radius 2 is 1.20 bits per heavy atom. The molecule has 0 aliphatic carbocycles. The fraction of sp³-hybridized carbons (Fsp3) is 0.625. The first-order valence-electron chi connectivity index (χ1n) is 28.5. The van der Waals surface area contributed by atoms with E-state index >= 15 is 0 Å². The van der Waals surface area contributed by atoms with E-state index in [2.05, 4.69) is 57.5 Å². The summed E-state index contributed by atoms with van der Waals surface area (Å²) < 4.78 is 0. The lowest BCUT2D eigenvalue weighted by Crippen LogP contribution is -2.60. The molecule has 84 heavy (non-hydrogen) atoms. The molecule has 0 radical (unpaired) electrons. The van der Waals surface area contributed by atoms with Crippen molar-refractivity contribution in [2.24, 2.45) is 45.9 Å². The topological polar surface area (TPSA) is 447 Å². The minimum atomic E-state index is -1.58. The molecule has 0 spiro atoms. The van der Waals surface area contributed by atoms with E-state index in [1.807, 2.05) is 13.8 Å². The number of amides is 9. The van der Waals surface area contributed by atoms with Gasteiger partial charge in [0.15, 0.2) is 5.96 Å². The molecule has 0 bridgehead atoms. The lowest BCUT2D eigenvalue weighted by molar-refractivity contribution is -0.143. The number of imidazole rings is 1. The Kier molecular flexibility index (Phi) is 29.3. The molecule has 1 fully saturated rings. The number of nitrogens with zero attached hydrogens (tertiary/aromatic N) is 3. The van der Waals surface area contributed by atoms with Crippen molar-refractivity contribution in [1.82, 2.24) is 57.4 Å². The molecule has 1 aromatic heterocycles. The number of carbonyl (C=O) groups is 11. The Labute approximate surface area is 490 Å². The summed E-state index contributed by atoms with van der Waals surface area (Å²) >= 11 is 0. The predicted molar refractivity (Wildman–Crippen MR) is 309 cm³/mol. The first-order chi connectivity index (χ1) is 39.6. The van der Waals surface area contributed by atoms with Crippen LogP contribution in [0.4, 0.5) is 0 Å². The number of carboxylic acids is 2. The summed E-state index contributed by atoms with van der Waals surface area (Å²) in [6.07, 6.45) is 2.80. The zero-order chi connectivity index (χ0) is 62.8. The lowest BCUT2D eigenvalue weighted by Gasteiger charge is -2.29. The number of aromatic amines is 1. The summed E-state index contributed by atoms with van der Waals surface area (Å²) in [6, 6.07) is -2.63. The molecule has 9 atom stereocenters. The van der Waals surface area contributed by atoms with E-state index in [9.17, 15) is 63.0 Å². The van der Waals surface area contributed by atoms with Crippen molar-refractivity contribution >= 4 is 71.1 Å². The average molecular weight is 1180 g/mol. The summed E-state index contributed by atoms with van der Waals surface area (Å²) in [5, 5.41) is 40.2. The highest BCUT2D eigenvalue weighted by Crippen LogP contribution is 2.21. The average Bonchev–Trinajstić information content (AvgIpc) is 3.59. The molecule has 2 aromatic rings. The van der Waals surface area contributed by atoms with Crippen LogP contribution in [0.15, 0.2) is 47.8 Å². The smallest absolute Gasteiger partial charge is 0.326 e. The van der Waals surface area contributed by atoms with Gasteiger partial charge in [-0.1, -0.05) is 85.7 Å². The molecule has 0 unspecified atom stereocenters. The standard InChI is InChI=1S/C56H89N15O13/c1-30(2)22-36(57)54(82)71-21-13-17-43(71)53(81)69-41(25-34-14-10-9-11-15-34)50(78)66-38(18-19-45(73)74)48(76)67-39(23-31(3)4)49(77)65-37(16-12-20-61-56(58)59)47(75)62-28-44(72)64-42(26-35-27-60-29-63-35)51(79)68-40(24-32(5)6)52(80)70-46(33(7)8)55(83)84/h9-11,14-15,27,29-33,36-43,46H,12-13,16-26,28,57H2,1-8H3,(H,60,63)(H,62,75)(H,64,72)(H,65,77)(H,66,78)(H,67,76)(H,68,79)(H,69,81)(H,70,80)(H,73,74)(H,83,84)(H4,58,59,61)/t36-,37-,38-,39-,40-,41-,42-,43-,46-/m0/s1. The van der Waals surface area contributed by atoms with E-state index in [-0.39, 0.29) is 75.3 Å². The molecule has 28 nitrogen and oxygen atoms in total. The molecule has 1 aromatic carbocycles. The molecule has 2 heterocycles. The second kappa shape index (κ2) is 35.1. The van der Waals surface area contributed by atoms with Crippen LogP contribution in [0.5, 0.6) is 0 Å². The number of rotatable bonds is 36. The highest BCUT2D eigenvalue weighted by atomic mass is 16.4. The van der Waals surface area contributed by atoms with Crippen molar-refractivity contribution in [3.05, 3.63) is 54.1 Å². The molecule has 17 N–H and O–H groups in total. The highest BCUT2D eigenvalue weighted by Gasteiger charge is 2.39. The molecule has 1 saturated heterocycles. The number of aliphatic carboxylic acids is 2. The summed E-state index contributed by atoms with van der Waals surface area (Å²) in [4.78, 5) is 161. The number of hydrogen-bond donors (Lipinski definition) is 14. The third-order valence-corrected chi connectivity index (χ3v) is 13.6. The maximum Gasteiger partial charge on any atom is 0.326 e. The van der Waals surface area contributed by atoms with E-state index in [0.29, 0.717) is 30.5 Å². The van der Waals surface area contributed by atoms with Gasteiger partial charge < -0.3 is 79.8 Å². The van der Waals surface area contributed by atoms with Crippen molar-refractivity contribution in [3.63, 3.8) is 0 Å². The van der Waals surface area contributed by atoms with Crippen LogP contribution in [-0.4, -0.2) is 170 Å². The molecule has 9 amide bonds. The van der Waals surface area contributed by atoms with Crippen LogP contribution in [0.2, 0.25) is 0 Å². The van der Waals surface area contributed by atoms with Gasteiger partial charge in [0.2, 0.25) is 53.2 Å². The van der Waals surface area contributed by atoms with E-state index in [0.717, 1.165) is 0 Å². The molecule has 28 heteroatoms. The third-order valence-electron chi connectivity index (χ3n) is 13.6. The molecule has 466 valence electrons. The minimum Gasteiger partial charge on any atom is -0.481 e. The van der Waals surface area contributed by atoms with Crippen molar-refractivity contribution in [2.75, 3.05) is 19.6 Å². The number of nitrogens with one attached hydrogen (secondary N) is 9. The molecular weight excluding hydrogens is 1090 g/mol. The van der Waals surface area contributed by atoms with Gasteiger partial charge >= 0.3 is 11.9 Å². The van der Waals surface area contributed by atoms with Gasteiger partial charge in [0, 0.05) is 44.2 Å². The van der Waals surface area contributed by atoms with Crippen LogP contribution >= 0.6 is 0 Å². The van der Waals surface area contributed by atoms with Gasteiger partial charge in [-0.2, -0.15) is 0 Å². The van der Waals surface area contributed by atoms with E-state index in [1.165, 1.54) is 17.4 Å². The molecule has 0 saturated carbocycles. The lowest BCUT2D eigenvalue weighted by atomic mass is 10.00.